The largest absolute Gasteiger partial charge is 0.444 e. The topological polar surface area (TPSA) is 41.6 Å². The lowest BCUT2D eigenvalue weighted by Crippen LogP contribution is -2.42. The minimum atomic E-state index is -0.388. The van der Waals surface area contributed by atoms with Crippen LogP contribution in [0.4, 0.5) is 4.79 Å². The summed E-state index contributed by atoms with van der Waals surface area (Å²) in [6.07, 6.45) is 0.954. The van der Waals surface area contributed by atoms with Crippen LogP contribution in [0.1, 0.15) is 27.2 Å². The van der Waals surface area contributed by atoms with Crippen molar-refractivity contribution in [1.29, 1.82) is 0 Å². The van der Waals surface area contributed by atoms with Gasteiger partial charge in [0.15, 0.2) is 0 Å². The van der Waals surface area contributed by atoms with E-state index >= 15 is 0 Å². The van der Waals surface area contributed by atoms with Crippen LogP contribution in [0.15, 0.2) is 0 Å². The maximum absolute atomic E-state index is 11.9. The Balaban J connectivity index is 0.00000128. The first-order chi connectivity index (χ1) is 6.97. The van der Waals surface area contributed by atoms with Crippen LogP contribution in [-0.2, 0) is 4.74 Å². The molecule has 2 unspecified atom stereocenters. The van der Waals surface area contributed by atoms with E-state index in [0.717, 1.165) is 26.1 Å². The number of carbonyl (C=O) groups excluding carboxylic acids is 1. The van der Waals surface area contributed by atoms with Crippen molar-refractivity contribution < 1.29 is 9.53 Å². The molecule has 2 aliphatic heterocycles. The highest BCUT2D eigenvalue weighted by Gasteiger charge is 2.41. The molecule has 0 saturated carbocycles. The number of rotatable bonds is 0. The molecule has 0 aliphatic carbocycles. The zero-order valence-electron chi connectivity index (χ0n) is 10.2. The second kappa shape index (κ2) is 4.80. The quantitative estimate of drug-likeness (QED) is 0.709. The number of amides is 1. The van der Waals surface area contributed by atoms with E-state index in [9.17, 15) is 4.79 Å². The third-order valence-corrected chi connectivity index (χ3v) is 3.07. The van der Waals surface area contributed by atoms with Crippen molar-refractivity contribution in [2.45, 2.75) is 38.8 Å². The van der Waals surface area contributed by atoms with Gasteiger partial charge >= 0.3 is 6.09 Å². The maximum Gasteiger partial charge on any atom is 0.410 e. The summed E-state index contributed by atoms with van der Waals surface area (Å²) in [6, 6.07) is 0.361. The fourth-order valence-corrected chi connectivity index (χ4v) is 2.40. The zero-order valence-corrected chi connectivity index (χ0v) is 11.0. The van der Waals surface area contributed by atoms with Gasteiger partial charge in [0, 0.05) is 19.6 Å². The number of fused-ring (bicyclic) bond motifs is 1. The van der Waals surface area contributed by atoms with E-state index in [1.807, 2.05) is 25.7 Å². The van der Waals surface area contributed by atoms with Crippen LogP contribution >= 0.6 is 12.4 Å². The van der Waals surface area contributed by atoms with E-state index in [2.05, 4.69) is 5.32 Å². The van der Waals surface area contributed by atoms with Gasteiger partial charge in [-0.05, 0) is 33.1 Å². The van der Waals surface area contributed by atoms with Gasteiger partial charge in [-0.15, -0.1) is 12.4 Å². The predicted molar refractivity (Wildman–Crippen MR) is 65.0 cm³/mol. The molecule has 1 N–H and O–H groups in total. The molecule has 0 spiro atoms. The minimum Gasteiger partial charge on any atom is -0.444 e. The normalized spacial score (nSPS) is 28.6. The summed E-state index contributed by atoms with van der Waals surface area (Å²) >= 11 is 0. The van der Waals surface area contributed by atoms with E-state index in [4.69, 9.17) is 4.74 Å². The van der Waals surface area contributed by atoms with Crippen LogP contribution in [0, 0.1) is 5.92 Å². The Morgan fingerprint density at radius 2 is 2.06 bits per heavy atom. The van der Waals surface area contributed by atoms with Crippen LogP contribution in [0.5, 0.6) is 0 Å². The van der Waals surface area contributed by atoms with Crippen LogP contribution < -0.4 is 5.32 Å². The Morgan fingerprint density at radius 3 is 2.69 bits per heavy atom. The van der Waals surface area contributed by atoms with E-state index < -0.39 is 0 Å². The number of carbonyl (C=O) groups is 1. The van der Waals surface area contributed by atoms with Gasteiger partial charge in [-0.3, -0.25) is 0 Å². The highest BCUT2D eigenvalue weighted by atomic mass is 35.5. The Hall–Kier alpha value is -0.480. The average Bonchev–Trinajstić information content (AvgIpc) is 2.57. The van der Waals surface area contributed by atoms with Gasteiger partial charge in [0.25, 0.3) is 0 Å². The van der Waals surface area contributed by atoms with Crippen LogP contribution in [0.25, 0.3) is 0 Å². The van der Waals surface area contributed by atoms with Crippen molar-refractivity contribution in [1.82, 2.24) is 10.2 Å². The average molecular weight is 249 g/mol. The first kappa shape index (κ1) is 13.6. The molecule has 0 bridgehead atoms. The van der Waals surface area contributed by atoms with Crippen LogP contribution in [-0.4, -0.2) is 42.3 Å². The molecule has 2 saturated heterocycles. The van der Waals surface area contributed by atoms with Crippen molar-refractivity contribution in [3.05, 3.63) is 0 Å². The predicted octanol–water partition coefficient (Wildman–Crippen LogP) is 1.64. The molecule has 0 aromatic carbocycles. The molecule has 0 radical (unpaired) electrons. The molecular formula is C11H21ClN2O2. The molecule has 2 aliphatic rings. The standard InChI is InChI=1S/C11H20N2O2.ClH/c1-11(2,3)15-10(14)13-5-4-8-6-12-7-9(8)13;/h8-9,12H,4-7H2,1-3H3;1H. The smallest absolute Gasteiger partial charge is 0.410 e. The lowest BCUT2D eigenvalue weighted by molar-refractivity contribution is 0.0227. The van der Waals surface area contributed by atoms with E-state index in [0.29, 0.717) is 12.0 Å². The second-order valence-electron chi connectivity index (χ2n) is 5.45. The van der Waals surface area contributed by atoms with Gasteiger partial charge in [-0.2, -0.15) is 0 Å². The fraction of sp³-hybridized carbons (Fsp3) is 0.909. The number of nitrogens with one attached hydrogen (secondary N) is 1. The van der Waals surface area contributed by atoms with Gasteiger partial charge in [-0.25, -0.2) is 4.79 Å². The van der Waals surface area contributed by atoms with Crippen LogP contribution in [0.2, 0.25) is 0 Å². The van der Waals surface area contributed by atoms with Gasteiger partial charge in [-0.1, -0.05) is 0 Å². The SMILES string of the molecule is CC(C)(C)OC(=O)N1CCC2CNCC21.Cl. The van der Waals surface area contributed by atoms with Crippen LogP contribution in [0.3, 0.4) is 0 Å². The van der Waals surface area contributed by atoms with Crippen molar-refractivity contribution in [2.24, 2.45) is 5.92 Å². The van der Waals surface area contributed by atoms with E-state index in [1.54, 1.807) is 0 Å². The number of halogens is 1. The van der Waals surface area contributed by atoms with Crippen molar-refractivity contribution in [2.75, 3.05) is 19.6 Å². The summed E-state index contributed by atoms with van der Waals surface area (Å²) in [4.78, 5) is 13.8. The summed E-state index contributed by atoms with van der Waals surface area (Å²) < 4.78 is 5.39. The molecule has 2 rings (SSSR count). The van der Waals surface area contributed by atoms with Crippen molar-refractivity contribution in [3.63, 3.8) is 0 Å². The molecule has 2 fully saturated rings. The number of nitrogens with zero attached hydrogens (tertiary/aromatic N) is 1. The third-order valence-electron chi connectivity index (χ3n) is 3.07. The summed E-state index contributed by atoms with van der Waals surface area (Å²) in [6.45, 7) is 8.54. The number of hydrogen-bond acceptors (Lipinski definition) is 3. The summed E-state index contributed by atoms with van der Waals surface area (Å²) in [7, 11) is 0. The molecule has 2 atom stereocenters. The number of ether oxygens (including phenoxy) is 1. The Morgan fingerprint density at radius 1 is 1.38 bits per heavy atom. The Bertz CT molecular complexity index is 265. The monoisotopic (exact) mass is 248 g/mol. The molecule has 16 heavy (non-hydrogen) atoms. The first-order valence-electron chi connectivity index (χ1n) is 5.68. The van der Waals surface area contributed by atoms with Crippen molar-refractivity contribution >= 4 is 18.5 Å². The molecule has 94 valence electrons. The summed E-state index contributed by atoms with van der Waals surface area (Å²) in [5.74, 6) is 0.637. The lowest BCUT2D eigenvalue weighted by Gasteiger charge is -2.27. The molecule has 1 amide bonds. The molecule has 2 heterocycles. The molecule has 0 aromatic heterocycles. The second-order valence-corrected chi connectivity index (χ2v) is 5.45. The molecule has 0 aromatic rings. The van der Waals surface area contributed by atoms with E-state index in [-0.39, 0.29) is 24.1 Å². The third kappa shape index (κ3) is 2.80. The Labute approximate surface area is 103 Å². The summed E-state index contributed by atoms with van der Waals surface area (Å²) in [5.41, 5.74) is -0.388. The molecular weight excluding hydrogens is 228 g/mol. The first-order valence-corrected chi connectivity index (χ1v) is 5.68. The number of hydrogen-bond donors (Lipinski definition) is 1. The van der Waals surface area contributed by atoms with Gasteiger partial charge in [0.05, 0.1) is 6.04 Å². The van der Waals surface area contributed by atoms with Gasteiger partial charge < -0.3 is 15.0 Å². The van der Waals surface area contributed by atoms with E-state index in [1.165, 1.54) is 0 Å². The molecule has 4 nitrogen and oxygen atoms in total. The zero-order chi connectivity index (χ0) is 11.1. The van der Waals surface area contributed by atoms with Crippen molar-refractivity contribution in [3.8, 4) is 0 Å². The lowest BCUT2D eigenvalue weighted by atomic mass is 10.1. The fourth-order valence-electron chi connectivity index (χ4n) is 2.40. The highest BCUT2D eigenvalue weighted by Crippen LogP contribution is 2.28. The highest BCUT2D eigenvalue weighted by molar-refractivity contribution is 5.85. The molecule has 5 heteroatoms. The van der Waals surface area contributed by atoms with Gasteiger partial charge in [0.1, 0.15) is 5.60 Å². The number of likely N-dealkylation sites (tertiary alicyclic amines) is 1. The van der Waals surface area contributed by atoms with Gasteiger partial charge in [0.2, 0.25) is 0 Å². The maximum atomic E-state index is 11.9. The minimum absolute atomic E-state index is 0. The summed E-state index contributed by atoms with van der Waals surface area (Å²) in [5, 5.41) is 3.32. The Kier molecular flexibility index (Phi) is 4.07.